The number of fused-ring (bicyclic) bond motifs is 1. The number of thioether (sulfide) groups is 1. The standard InChI is InChI=1S/C24H22ClN3O2S/c1-14-10-11-20(19(25)12-14)26-23(30)15(2)31-24-27-21-9-5-8-18(22(21)28-24)17-7-4-3-6-16(17)13-29/h3-12,15,29H,13H2,1-2H3,(H,26,30)(H,27,28). The lowest BCUT2D eigenvalue weighted by molar-refractivity contribution is -0.115. The number of aromatic amines is 1. The lowest BCUT2D eigenvalue weighted by Crippen LogP contribution is -2.22. The zero-order valence-electron chi connectivity index (χ0n) is 17.1. The Morgan fingerprint density at radius 1 is 1.16 bits per heavy atom. The molecule has 1 unspecified atom stereocenters. The molecule has 0 bridgehead atoms. The second kappa shape index (κ2) is 9.14. The molecule has 0 aliphatic carbocycles. The number of para-hydroxylation sites is 1. The van der Waals surface area contributed by atoms with Gasteiger partial charge in [0.1, 0.15) is 0 Å². The minimum atomic E-state index is -0.383. The van der Waals surface area contributed by atoms with Gasteiger partial charge in [0.15, 0.2) is 5.16 Å². The lowest BCUT2D eigenvalue weighted by Gasteiger charge is -2.12. The van der Waals surface area contributed by atoms with Crippen molar-refractivity contribution in [2.75, 3.05) is 5.32 Å². The van der Waals surface area contributed by atoms with Crippen LogP contribution in [0.15, 0.2) is 65.8 Å². The molecule has 31 heavy (non-hydrogen) atoms. The predicted molar refractivity (Wildman–Crippen MR) is 128 cm³/mol. The van der Waals surface area contributed by atoms with Crippen LogP contribution in [-0.4, -0.2) is 26.2 Å². The van der Waals surface area contributed by atoms with Gasteiger partial charge in [-0.25, -0.2) is 4.98 Å². The molecule has 0 fully saturated rings. The zero-order chi connectivity index (χ0) is 22.0. The Bertz CT molecular complexity index is 1250. The molecule has 0 spiro atoms. The second-order valence-corrected chi connectivity index (χ2v) is 9.03. The van der Waals surface area contributed by atoms with Crippen molar-refractivity contribution >= 4 is 46.0 Å². The molecule has 0 saturated heterocycles. The van der Waals surface area contributed by atoms with Crippen LogP contribution in [-0.2, 0) is 11.4 Å². The highest BCUT2D eigenvalue weighted by molar-refractivity contribution is 8.00. The SMILES string of the molecule is Cc1ccc(NC(=O)C(C)Sc2nc3cccc(-c4ccccc4CO)c3[nH]2)c(Cl)c1. The van der Waals surface area contributed by atoms with Crippen LogP contribution < -0.4 is 5.32 Å². The van der Waals surface area contributed by atoms with E-state index in [2.05, 4.69) is 15.3 Å². The number of imidazole rings is 1. The molecule has 3 N–H and O–H groups in total. The van der Waals surface area contributed by atoms with E-state index in [1.807, 2.05) is 68.4 Å². The molecular formula is C24H22ClN3O2S. The highest BCUT2D eigenvalue weighted by Gasteiger charge is 2.19. The molecule has 1 amide bonds. The predicted octanol–water partition coefficient (Wildman–Crippen LogP) is 5.80. The number of amides is 1. The summed E-state index contributed by atoms with van der Waals surface area (Å²) in [7, 11) is 0. The Hall–Kier alpha value is -2.80. The number of hydrogen-bond donors (Lipinski definition) is 3. The molecule has 1 atom stereocenters. The van der Waals surface area contributed by atoms with Crippen LogP contribution in [0, 0.1) is 6.92 Å². The molecule has 1 aromatic heterocycles. The average molecular weight is 452 g/mol. The highest BCUT2D eigenvalue weighted by Crippen LogP contribution is 2.33. The lowest BCUT2D eigenvalue weighted by atomic mass is 9.99. The molecule has 3 aromatic carbocycles. The molecule has 4 rings (SSSR count). The fourth-order valence-electron chi connectivity index (χ4n) is 3.39. The number of aliphatic hydroxyl groups excluding tert-OH is 1. The molecule has 0 aliphatic heterocycles. The number of carbonyl (C=O) groups is 1. The summed E-state index contributed by atoms with van der Waals surface area (Å²) in [4.78, 5) is 20.7. The zero-order valence-corrected chi connectivity index (χ0v) is 18.7. The van der Waals surface area contributed by atoms with Gasteiger partial charge >= 0.3 is 0 Å². The maximum absolute atomic E-state index is 12.7. The van der Waals surface area contributed by atoms with E-state index in [1.165, 1.54) is 11.8 Å². The van der Waals surface area contributed by atoms with Gasteiger partial charge in [0.05, 0.1) is 33.6 Å². The Morgan fingerprint density at radius 2 is 1.94 bits per heavy atom. The van der Waals surface area contributed by atoms with Crippen LogP contribution in [0.1, 0.15) is 18.1 Å². The minimum absolute atomic E-state index is 0.0406. The van der Waals surface area contributed by atoms with E-state index < -0.39 is 0 Å². The van der Waals surface area contributed by atoms with E-state index in [1.54, 1.807) is 6.07 Å². The quantitative estimate of drug-likeness (QED) is 0.323. The normalized spacial score (nSPS) is 12.1. The van der Waals surface area contributed by atoms with E-state index in [9.17, 15) is 9.90 Å². The van der Waals surface area contributed by atoms with E-state index in [-0.39, 0.29) is 17.8 Å². The van der Waals surface area contributed by atoms with Gasteiger partial charge < -0.3 is 15.4 Å². The van der Waals surface area contributed by atoms with Crippen LogP contribution in [0.4, 0.5) is 5.69 Å². The Kier molecular flexibility index (Phi) is 6.32. The van der Waals surface area contributed by atoms with Gasteiger partial charge in [-0.15, -0.1) is 0 Å². The number of nitrogens with one attached hydrogen (secondary N) is 2. The molecule has 158 valence electrons. The van der Waals surface area contributed by atoms with Gasteiger partial charge in [-0.1, -0.05) is 65.8 Å². The smallest absolute Gasteiger partial charge is 0.237 e. The molecule has 1 heterocycles. The molecule has 0 radical (unpaired) electrons. The Balaban J connectivity index is 1.57. The van der Waals surface area contributed by atoms with E-state index in [0.717, 1.165) is 33.3 Å². The van der Waals surface area contributed by atoms with Gasteiger partial charge in [-0.2, -0.15) is 0 Å². The summed E-state index contributed by atoms with van der Waals surface area (Å²) in [5.41, 5.74) is 6.08. The fourth-order valence-corrected chi connectivity index (χ4v) is 4.48. The molecule has 4 aromatic rings. The van der Waals surface area contributed by atoms with Crippen LogP contribution in [0.5, 0.6) is 0 Å². The molecule has 5 nitrogen and oxygen atoms in total. The first-order valence-electron chi connectivity index (χ1n) is 9.88. The number of aromatic nitrogens is 2. The minimum Gasteiger partial charge on any atom is -0.392 e. The van der Waals surface area contributed by atoms with Crippen LogP contribution in [0.3, 0.4) is 0 Å². The van der Waals surface area contributed by atoms with Crippen molar-refractivity contribution in [2.24, 2.45) is 0 Å². The van der Waals surface area contributed by atoms with Gasteiger partial charge in [0, 0.05) is 5.56 Å². The van der Waals surface area contributed by atoms with E-state index >= 15 is 0 Å². The van der Waals surface area contributed by atoms with Crippen LogP contribution >= 0.6 is 23.4 Å². The van der Waals surface area contributed by atoms with Gasteiger partial charge in [0.2, 0.25) is 5.91 Å². The number of aliphatic hydroxyl groups is 1. The summed E-state index contributed by atoms with van der Waals surface area (Å²) in [6.07, 6.45) is 0. The molecule has 0 saturated carbocycles. The average Bonchev–Trinajstić information content (AvgIpc) is 3.18. The van der Waals surface area contributed by atoms with Crippen LogP contribution in [0.25, 0.3) is 22.2 Å². The topological polar surface area (TPSA) is 78.0 Å². The maximum atomic E-state index is 12.7. The summed E-state index contributed by atoms with van der Waals surface area (Å²) in [6.45, 7) is 3.74. The van der Waals surface area contributed by atoms with Crippen molar-refractivity contribution in [1.29, 1.82) is 0 Å². The fraction of sp³-hybridized carbons (Fsp3) is 0.167. The van der Waals surface area contributed by atoms with Gasteiger partial charge in [0.25, 0.3) is 0 Å². The van der Waals surface area contributed by atoms with Crippen molar-refractivity contribution in [2.45, 2.75) is 30.9 Å². The maximum Gasteiger partial charge on any atom is 0.237 e. The second-order valence-electron chi connectivity index (χ2n) is 7.29. The summed E-state index contributed by atoms with van der Waals surface area (Å²) < 4.78 is 0. The third-order valence-corrected chi connectivity index (χ3v) is 6.31. The van der Waals surface area contributed by atoms with Crippen molar-refractivity contribution in [3.8, 4) is 11.1 Å². The Labute approximate surface area is 189 Å². The number of H-pyrrole nitrogens is 1. The number of carbonyl (C=O) groups excluding carboxylic acids is 1. The summed E-state index contributed by atoms with van der Waals surface area (Å²) in [6, 6.07) is 19.1. The van der Waals surface area contributed by atoms with Crippen molar-refractivity contribution < 1.29 is 9.90 Å². The monoisotopic (exact) mass is 451 g/mol. The number of benzene rings is 3. The van der Waals surface area contributed by atoms with Crippen molar-refractivity contribution in [1.82, 2.24) is 9.97 Å². The van der Waals surface area contributed by atoms with Gasteiger partial charge in [-0.3, -0.25) is 4.79 Å². The third-order valence-electron chi connectivity index (χ3n) is 5.01. The van der Waals surface area contributed by atoms with Crippen LogP contribution in [0.2, 0.25) is 5.02 Å². The van der Waals surface area contributed by atoms with Crippen molar-refractivity contribution in [3.05, 3.63) is 76.8 Å². The first-order chi connectivity index (χ1) is 15.0. The van der Waals surface area contributed by atoms with Crippen molar-refractivity contribution in [3.63, 3.8) is 0 Å². The largest absolute Gasteiger partial charge is 0.392 e. The molecular weight excluding hydrogens is 430 g/mol. The summed E-state index contributed by atoms with van der Waals surface area (Å²) in [5.74, 6) is -0.151. The van der Waals surface area contributed by atoms with Gasteiger partial charge in [-0.05, 0) is 48.7 Å². The number of hydrogen-bond acceptors (Lipinski definition) is 4. The number of rotatable bonds is 6. The number of aryl methyl sites for hydroxylation is 1. The third kappa shape index (κ3) is 4.61. The summed E-state index contributed by atoms with van der Waals surface area (Å²) >= 11 is 7.58. The first-order valence-corrected chi connectivity index (χ1v) is 11.1. The molecule has 0 aliphatic rings. The number of anilines is 1. The highest BCUT2D eigenvalue weighted by atomic mass is 35.5. The first kappa shape index (κ1) is 21.4. The summed E-state index contributed by atoms with van der Waals surface area (Å²) in [5, 5.41) is 13.4. The van der Waals surface area contributed by atoms with E-state index in [4.69, 9.17) is 11.6 Å². The Morgan fingerprint density at radius 3 is 2.71 bits per heavy atom. The molecule has 7 heteroatoms. The number of nitrogens with zero attached hydrogens (tertiary/aromatic N) is 1. The number of halogens is 1. The van der Waals surface area contributed by atoms with E-state index in [0.29, 0.717) is 15.9 Å².